The van der Waals surface area contributed by atoms with Gasteiger partial charge in [-0.2, -0.15) is 5.26 Å². The van der Waals surface area contributed by atoms with Crippen molar-refractivity contribution in [2.75, 3.05) is 0 Å². The van der Waals surface area contributed by atoms with E-state index in [0.717, 1.165) is 5.56 Å². The highest BCUT2D eigenvalue weighted by Gasteiger charge is 2.27. The zero-order valence-corrected chi connectivity index (χ0v) is 12.9. The van der Waals surface area contributed by atoms with Gasteiger partial charge in [0.15, 0.2) is 0 Å². The monoisotopic (exact) mass is 320 g/mol. The predicted molar refractivity (Wildman–Crippen MR) is 87.4 cm³/mol. The van der Waals surface area contributed by atoms with Gasteiger partial charge in [0.2, 0.25) is 0 Å². The molecule has 2 unspecified atom stereocenters. The highest BCUT2D eigenvalue weighted by Crippen LogP contribution is 2.30. The summed E-state index contributed by atoms with van der Waals surface area (Å²) in [6.07, 6.45) is 2.93. The van der Waals surface area contributed by atoms with Crippen LogP contribution in [0.5, 0.6) is 0 Å². The van der Waals surface area contributed by atoms with Gasteiger partial charge in [-0.1, -0.05) is 30.3 Å². The summed E-state index contributed by atoms with van der Waals surface area (Å²) in [6, 6.07) is 17.5. The van der Waals surface area contributed by atoms with E-state index in [-0.39, 0.29) is 6.04 Å². The summed E-state index contributed by atoms with van der Waals surface area (Å²) in [5.74, 6) is -0.463. The molecule has 0 saturated carbocycles. The number of hydrogen-bond acceptors (Lipinski definition) is 5. The van der Waals surface area contributed by atoms with E-state index < -0.39 is 12.1 Å². The van der Waals surface area contributed by atoms with Crippen LogP contribution in [0.15, 0.2) is 66.9 Å². The molecule has 0 spiro atoms. The van der Waals surface area contributed by atoms with Crippen molar-refractivity contribution < 1.29 is 14.7 Å². The minimum atomic E-state index is -0.614. The summed E-state index contributed by atoms with van der Waals surface area (Å²) in [5, 5.41) is 20.2. The molecule has 3 rings (SSSR count). The lowest BCUT2D eigenvalue weighted by Gasteiger charge is -2.33. The van der Waals surface area contributed by atoms with Gasteiger partial charge in [-0.25, -0.2) is 9.86 Å². The van der Waals surface area contributed by atoms with E-state index >= 15 is 0 Å². The molecule has 120 valence electrons. The molecule has 0 aliphatic carbocycles. The quantitative estimate of drug-likeness (QED) is 0.941. The van der Waals surface area contributed by atoms with Gasteiger partial charge in [-0.05, 0) is 35.9 Å². The third-order valence-corrected chi connectivity index (χ3v) is 3.85. The topological polar surface area (TPSA) is 73.6 Å². The molecule has 0 amide bonds. The van der Waals surface area contributed by atoms with E-state index in [0.29, 0.717) is 17.5 Å². The highest BCUT2D eigenvalue weighted by atomic mass is 16.7. The predicted octanol–water partition coefficient (Wildman–Crippen LogP) is 2.95. The Balaban J connectivity index is 1.82. The number of carbonyl (C=O) groups is 1. The summed E-state index contributed by atoms with van der Waals surface area (Å²) >= 11 is 0. The number of benzene rings is 2. The summed E-state index contributed by atoms with van der Waals surface area (Å²) in [7, 11) is 0. The number of rotatable bonds is 3. The second kappa shape index (κ2) is 6.99. The largest absolute Gasteiger partial charge is 0.389 e. The average molecular weight is 320 g/mol. The minimum absolute atomic E-state index is 0.314. The van der Waals surface area contributed by atoms with Crippen LogP contribution in [0.2, 0.25) is 0 Å². The lowest BCUT2D eigenvalue weighted by Crippen LogP contribution is -2.33. The van der Waals surface area contributed by atoms with E-state index in [9.17, 15) is 9.90 Å². The van der Waals surface area contributed by atoms with Crippen LogP contribution >= 0.6 is 0 Å². The lowest BCUT2D eigenvalue weighted by atomic mass is 9.97. The number of carbonyl (C=O) groups excluding carboxylic acids is 1. The first-order valence-electron chi connectivity index (χ1n) is 7.59. The van der Waals surface area contributed by atoms with Gasteiger partial charge in [0.05, 0.1) is 29.3 Å². The molecule has 0 aromatic heterocycles. The molecule has 1 heterocycles. The normalized spacial score (nSPS) is 19.6. The standard InChI is InChI=1S/C19H16N2O3/c20-13-14-6-8-15(9-7-14)18-12-17(22)10-11-21(18)24-19(23)16-4-2-1-3-5-16/h1-11,17-18,22H,12H2. The molecule has 0 bridgehead atoms. The highest BCUT2D eigenvalue weighted by molar-refractivity contribution is 5.89. The number of aliphatic hydroxyl groups is 1. The Kier molecular flexibility index (Phi) is 4.59. The van der Waals surface area contributed by atoms with Gasteiger partial charge in [-0.15, -0.1) is 0 Å². The van der Waals surface area contributed by atoms with Crippen LogP contribution in [0.25, 0.3) is 0 Å². The number of nitrogens with zero attached hydrogens (tertiary/aromatic N) is 2. The van der Waals surface area contributed by atoms with E-state index in [1.54, 1.807) is 60.8 Å². The maximum Gasteiger partial charge on any atom is 0.363 e. The van der Waals surface area contributed by atoms with Crippen molar-refractivity contribution in [1.82, 2.24) is 5.06 Å². The van der Waals surface area contributed by atoms with E-state index in [2.05, 4.69) is 6.07 Å². The molecule has 0 saturated heterocycles. The molecule has 2 aromatic carbocycles. The second-order valence-electron chi connectivity index (χ2n) is 5.50. The molecule has 0 radical (unpaired) electrons. The Morgan fingerprint density at radius 2 is 1.88 bits per heavy atom. The number of aliphatic hydroxyl groups excluding tert-OH is 1. The molecule has 5 nitrogen and oxygen atoms in total. The van der Waals surface area contributed by atoms with Gasteiger partial charge in [0, 0.05) is 12.6 Å². The molecular formula is C19H16N2O3. The van der Waals surface area contributed by atoms with Crippen LogP contribution in [0.4, 0.5) is 0 Å². The molecule has 2 atom stereocenters. The zero-order chi connectivity index (χ0) is 16.9. The Morgan fingerprint density at radius 1 is 1.17 bits per heavy atom. The van der Waals surface area contributed by atoms with E-state index in [1.165, 1.54) is 5.06 Å². The fraction of sp³-hybridized carbons (Fsp3) is 0.158. The summed E-state index contributed by atoms with van der Waals surface area (Å²) in [6.45, 7) is 0. The first kappa shape index (κ1) is 15.8. The van der Waals surface area contributed by atoms with Gasteiger partial charge in [0.25, 0.3) is 0 Å². The van der Waals surface area contributed by atoms with Gasteiger partial charge >= 0.3 is 5.97 Å². The van der Waals surface area contributed by atoms with Crippen molar-refractivity contribution in [3.8, 4) is 6.07 Å². The smallest absolute Gasteiger partial charge is 0.363 e. The third kappa shape index (κ3) is 3.45. The van der Waals surface area contributed by atoms with Gasteiger partial charge in [-0.3, -0.25) is 0 Å². The van der Waals surface area contributed by atoms with Crippen molar-refractivity contribution in [3.63, 3.8) is 0 Å². The van der Waals surface area contributed by atoms with Crippen molar-refractivity contribution in [2.45, 2.75) is 18.6 Å². The van der Waals surface area contributed by atoms with Crippen molar-refractivity contribution in [3.05, 3.63) is 83.6 Å². The average Bonchev–Trinajstić information content (AvgIpc) is 2.64. The SMILES string of the molecule is N#Cc1ccc(C2CC(O)C=CN2OC(=O)c2ccccc2)cc1. The fourth-order valence-electron chi connectivity index (χ4n) is 2.58. The zero-order valence-electron chi connectivity index (χ0n) is 12.9. The van der Waals surface area contributed by atoms with Crippen LogP contribution < -0.4 is 0 Å². The minimum Gasteiger partial charge on any atom is -0.389 e. The van der Waals surface area contributed by atoms with Crippen LogP contribution in [-0.4, -0.2) is 22.2 Å². The number of nitriles is 1. The second-order valence-corrected chi connectivity index (χ2v) is 5.50. The Hall–Kier alpha value is -3.10. The van der Waals surface area contributed by atoms with E-state index in [1.807, 2.05) is 6.07 Å². The summed E-state index contributed by atoms with van der Waals surface area (Å²) in [5.41, 5.74) is 1.87. The Bertz CT molecular complexity index is 779. The Labute approximate surface area is 140 Å². The summed E-state index contributed by atoms with van der Waals surface area (Å²) in [4.78, 5) is 17.7. The van der Waals surface area contributed by atoms with Crippen LogP contribution in [0, 0.1) is 11.3 Å². The summed E-state index contributed by atoms with van der Waals surface area (Å²) < 4.78 is 0. The first-order chi connectivity index (χ1) is 11.7. The maximum atomic E-state index is 12.3. The van der Waals surface area contributed by atoms with Crippen molar-refractivity contribution >= 4 is 5.97 Å². The molecule has 1 aliphatic rings. The Morgan fingerprint density at radius 3 is 2.54 bits per heavy atom. The molecule has 1 aliphatic heterocycles. The molecule has 0 fully saturated rings. The number of hydroxylamine groups is 2. The van der Waals surface area contributed by atoms with Crippen LogP contribution in [0.1, 0.15) is 33.9 Å². The van der Waals surface area contributed by atoms with Crippen LogP contribution in [0.3, 0.4) is 0 Å². The first-order valence-corrected chi connectivity index (χ1v) is 7.59. The molecular weight excluding hydrogens is 304 g/mol. The number of hydrogen-bond donors (Lipinski definition) is 1. The maximum absolute atomic E-state index is 12.3. The van der Waals surface area contributed by atoms with Gasteiger partial charge < -0.3 is 9.94 Å². The van der Waals surface area contributed by atoms with Gasteiger partial charge in [0.1, 0.15) is 0 Å². The molecule has 2 aromatic rings. The van der Waals surface area contributed by atoms with E-state index in [4.69, 9.17) is 10.1 Å². The lowest BCUT2D eigenvalue weighted by molar-refractivity contribution is -0.115. The van der Waals surface area contributed by atoms with Crippen molar-refractivity contribution in [2.24, 2.45) is 0 Å². The molecule has 24 heavy (non-hydrogen) atoms. The van der Waals surface area contributed by atoms with Crippen molar-refractivity contribution in [1.29, 1.82) is 5.26 Å². The molecule has 5 heteroatoms. The molecule has 1 N–H and O–H groups in total. The van der Waals surface area contributed by atoms with Crippen LogP contribution in [-0.2, 0) is 4.84 Å². The fourth-order valence-corrected chi connectivity index (χ4v) is 2.58. The third-order valence-electron chi connectivity index (χ3n) is 3.85.